The molecule has 1 rings (SSSR count). The SMILES string of the molecule is CC(C)CC[C@H]1C(=O)O[C@@H](C)[C@@H]1O. The Bertz CT molecular complexity index is 189. The van der Waals surface area contributed by atoms with E-state index in [0.29, 0.717) is 5.92 Å². The standard InChI is InChI=1S/C10H18O3/c1-6(2)4-5-8-9(11)7(3)13-10(8)12/h6-9,11H,4-5H2,1-3H3/t7-,8+,9-/m0/s1. The number of rotatable bonds is 3. The number of hydrogen-bond donors (Lipinski definition) is 1. The Kier molecular flexibility index (Phi) is 3.31. The number of carbonyl (C=O) groups is 1. The van der Waals surface area contributed by atoms with Gasteiger partial charge in [-0.15, -0.1) is 0 Å². The van der Waals surface area contributed by atoms with Gasteiger partial charge in [0.15, 0.2) is 0 Å². The number of hydrogen-bond acceptors (Lipinski definition) is 3. The summed E-state index contributed by atoms with van der Waals surface area (Å²) in [4.78, 5) is 11.2. The van der Waals surface area contributed by atoms with Crippen LogP contribution in [0.1, 0.15) is 33.6 Å². The van der Waals surface area contributed by atoms with Crippen molar-refractivity contribution in [2.24, 2.45) is 11.8 Å². The average molecular weight is 186 g/mol. The van der Waals surface area contributed by atoms with Crippen molar-refractivity contribution in [2.45, 2.75) is 45.8 Å². The molecule has 1 saturated heterocycles. The lowest BCUT2D eigenvalue weighted by molar-refractivity contribution is -0.144. The average Bonchev–Trinajstić information content (AvgIpc) is 2.24. The van der Waals surface area contributed by atoms with E-state index in [1.54, 1.807) is 6.92 Å². The molecule has 1 N–H and O–H groups in total. The first kappa shape index (κ1) is 10.5. The molecule has 3 atom stereocenters. The maximum absolute atomic E-state index is 11.2. The third kappa shape index (κ3) is 2.44. The molecule has 0 radical (unpaired) electrons. The van der Waals surface area contributed by atoms with Gasteiger partial charge in [-0.05, 0) is 19.3 Å². The summed E-state index contributed by atoms with van der Waals surface area (Å²) in [7, 11) is 0. The molecular formula is C10H18O3. The summed E-state index contributed by atoms with van der Waals surface area (Å²) in [5.41, 5.74) is 0. The minimum absolute atomic E-state index is 0.236. The maximum Gasteiger partial charge on any atom is 0.312 e. The van der Waals surface area contributed by atoms with E-state index in [2.05, 4.69) is 13.8 Å². The van der Waals surface area contributed by atoms with Gasteiger partial charge in [0, 0.05) is 0 Å². The molecule has 0 aromatic heterocycles. The minimum Gasteiger partial charge on any atom is -0.460 e. The molecule has 3 heteroatoms. The molecule has 0 unspecified atom stereocenters. The van der Waals surface area contributed by atoms with Gasteiger partial charge in [-0.2, -0.15) is 0 Å². The second-order valence-electron chi connectivity index (χ2n) is 4.21. The lowest BCUT2D eigenvalue weighted by Crippen LogP contribution is -2.24. The van der Waals surface area contributed by atoms with Crippen molar-refractivity contribution in [1.29, 1.82) is 0 Å². The molecule has 0 saturated carbocycles. The highest BCUT2D eigenvalue weighted by atomic mass is 16.6. The third-order valence-corrected chi connectivity index (χ3v) is 2.55. The van der Waals surface area contributed by atoms with Crippen LogP contribution < -0.4 is 0 Å². The molecule has 0 bridgehead atoms. The van der Waals surface area contributed by atoms with E-state index < -0.39 is 6.10 Å². The minimum atomic E-state index is -0.605. The van der Waals surface area contributed by atoms with E-state index in [1.807, 2.05) is 0 Å². The Morgan fingerprint density at radius 1 is 1.54 bits per heavy atom. The van der Waals surface area contributed by atoms with Gasteiger partial charge >= 0.3 is 5.97 Å². The number of aliphatic hydroxyl groups is 1. The Morgan fingerprint density at radius 2 is 2.15 bits per heavy atom. The molecule has 1 fully saturated rings. The van der Waals surface area contributed by atoms with Gasteiger partial charge in [-0.25, -0.2) is 0 Å². The van der Waals surface area contributed by atoms with Crippen LogP contribution in [0.15, 0.2) is 0 Å². The zero-order valence-corrected chi connectivity index (χ0v) is 8.49. The quantitative estimate of drug-likeness (QED) is 0.677. The van der Waals surface area contributed by atoms with Crippen molar-refractivity contribution < 1.29 is 14.6 Å². The van der Waals surface area contributed by atoms with Gasteiger partial charge in [-0.3, -0.25) is 4.79 Å². The maximum atomic E-state index is 11.2. The van der Waals surface area contributed by atoms with E-state index in [0.717, 1.165) is 12.8 Å². The van der Waals surface area contributed by atoms with Crippen molar-refractivity contribution in [3.63, 3.8) is 0 Å². The summed E-state index contributed by atoms with van der Waals surface area (Å²) in [6.45, 7) is 5.95. The highest BCUT2D eigenvalue weighted by Crippen LogP contribution is 2.26. The van der Waals surface area contributed by atoms with E-state index in [1.165, 1.54) is 0 Å². The molecule has 3 nitrogen and oxygen atoms in total. The van der Waals surface area contributed by atoms with Crippen LogP contribution >= 0.6 is 0 Å². The van der Waals surface area contributed by atoms with Crippen molar-refractivity contribution >= 4 is 5.97 Å². The Labute approximate surface area is 79.1 Å². The molecule has 0 aliphatic carbocycles. The van der Waals surface area contributed by atoms with Crippen molar-refractivity contribution in [3.05, 3.63) is 0 Å². The fourth-order valence-corrected chi connectivity index (χ4v) is 1.61. The largest absolute Gasteiger partial charge is 0.460 e. The first-order valence-electron chi connectivity index (χ1n) is 4.91. The summed E-state index contributed by atoms with van der Waals surface area (Å²) in [5, 5.41) is 9.59. The monoisotopic (exact) mass is 186 g/mol. The fraction of sp³-hybridized carbons (Fsp3) is 0.900. The number of esters is 1. The molecule has 0 amide bonds. The second-order valence-corrected chi connectivity index (χ2v) is 4.21. The van der Waals surface area contributed by atoms with Gasteiger partial charge in [0.25, 0.3) is 0 Å². The molecule has 1 heterocycles. The van der Waals surface area contributed by atoms with Crippen molar-refractivity contribution in [3.8, 4) is 0 Å². The van der Waals surface area contributed by atoms with Gasteiger partial charge in [0.05, 0.1) is 5.92 Å². The van der Waals surface area contributed by atoms with Crippen LogP contribution in [-0.4, -0.2) is 23.3 Å². The number of aliphatic hydroxyl groups excluding tert-OH is 1. The van der Waals surface area contributed by atoms with Crippen molar-refractivity contribution in [1.82, 2.24) is 0 Å². The van der Waals surface area contributed by atoms with Crippen LogP contribution in [0.5, 0.6) is 0 Å². The molecule has 0 spiro atoms. The Hall–Kier alpha value is -0.570. The summed E-state index contributed by atoms with van der Waals surface area (Å²) in [6, 6.07) is 0. The lowest BCUT2D eigenvalue weighted by Gasteiger charge is -2.12. The smallest absolute Gasteiger partial charge is 0.312 e. The van der Waals surface area contributed by atoms with E-state index in [4.69, 9.17) is 4.74 Å². The normalized spacial score (nSPS) is 33.9. The molecule has 76 valence electrons. The van der Waals surface area contributed by atoms with Crippen LogP contribution in [0, 0.1) is 11.8 Å². The van der Waals surface area contributed by atoms with Gasteiger partial charge in [-0.1, -0.05) is 20.3 Å². The molecule has 13 heavy (non-hydrogen) atoms. The lowest BCUT2D eigenvalue weighted by atomic mass is 9.93. The van der Waals surface area contributed by atoms with Crippen LogP contribution in [0.25, 0.3) is 0 Å². The summed E-state index contributed by atoms with van der Waals surface area (Å²) >= 11 is 0. The van der Waals surface area contributed by atoms with E-state index >= 15 is 0 Å². The predicted octanol–water partition coefficient (Wildman–Crippen LogP) is 1.34. The van der Waals surface area contributed by atoms with Crippen LogP contribution in [0.3, 0.4) is 0 Å². The van der Waals surface area contributed by atoms with Crippen molar-refractivity contribution in [2.75, 3.05) is 0 Å². The highest BCUT2D eigenvalue weighted by Gasteiger charge is 2.40. The zero-order chi connectivity index (χ0) is 10.0. The Balaban J connectivity index is 2.44. The number of cyclic esters (lactones) is 1. The topological polar surface area (TPSA) is 46.5 Å². The summed E-state index contributed by atoms with van der Waals surface area (Å²) < 4.78 is 4.93. The predicted molar refractivity (Wildman–Crippen MR) is 49.1 cm³/mol. The van der Waals surface area contributed by atoms with Gasteiger partial charge in [0.1, 0.15) is 12.2 Å². The molecule has 1 aliphatic rings. The van der Waals surface area contributed by atoms with Gasteiger partial charge < -0.3 is 9.84 Å². The first-order chi connectivity index (χ1) is 6.02. The first-order valence-corrected chi connectivity index (χ1v) is 4.91. The summed E-state index contributed by atoms with van der Waals surface area (Å²) in [5.74, 6) is 0.0361. The second kappa shape index (κ2) is 4.09. The Morgan fingerprint density at radius 3 is 2.54 bits per heavy atom. The molecule has 1 aliphatic heterocycles. The van der Waals surface area contributed by atoms with E-state index in [-0.39, 0.29) is 18.0 Å². The third-order valence-electron chi connectivity index (χ3n) is 2.55. The molecular weight excluding hydrogens is 168 g/mol. The number of carbonyl (C=O) groups excluding carboxylic acids is 1. The summed E-state index contributed by atoms with van der Waals surface area (Å²) in [6.07, 6.45) is 0.766. The van der Waals surface area contributed by atoms with Gasteiger partial charge in [0.2, 0.25) is 0 Å². The zero-order valence-electron chi connectivity index (χ0n) is 8.49. The van der Waals surface area contributed by atoms with Crippen LogP contribution in [0.4, 0.5) is 0 Å². The van der Waals surface area contributed by atoms with Crippen LogP contribution in [-0.2, 0) is 9.53 Å². The van der Waals surface area contributed by atoms with Crippen LogP contribution in [0.2, 0.25) is 0 Å². The van der Waals surface area contributed by atoms with E-state index in [9.17, 15) is 9.90 Å². The fourth-order valence-electron chi connectivity index (χ4n) is 1.61. The number of ether oxygens (including phenoxy) is 1. The molecule has 0 aromatic carbocycles. The highest BCUT2D eigenvalue weighted by molar-refractivity contribution is 5.75. The molecule has 0 aromatic rings.